The number of rotatable bonds is 17. The van der Waals surface area contributed by atoms with Gasteiger partial charge in [0.1, 0.15) is 0 Å². The van der Waals surface area contributed by atoms with Gasteiger partial charge < -0.3 is 8.90 Å². The standard InChI is InChI=1S/C18H36O2.C7H6O2.Al.2H/c1-2-3-4-5-6-7-8-9-10-11-12-13-14-15-16-17-18(19)20;8-7(9)6-4-2-1-3-5-6;;;/h2-17H2,1H3,(H,19,20);1-5H,(H,8,9);;;/q;;+1;;/p-1. The van der Waals surface area contributed by atoms with Crippen molar-refractivity contribution in [2.75, 3.05) is 0 Å². The fourth-order valence-corrected chi connectivity index (χ4v) is 3.53. The average molecular weight is 435 g/mol. The first-order chi connectivity index (χ1) is 14.6. The maximum atomic E-state index is 11.0. The fourth-order valence-electron chi connectivity index (χ4n) is 3.32. The third-order valence-corrected chi connectivity index (χ3v) is 5.69. The molecule has 0 amide bonds. The molecule has 4 nitrogen and oxygen atoms in total. The zero-order valence-corrected chi connectivity index (χ0v) is 21.4. The van der Waals surface area contributed by atoms with Crippen LogP contribution in [0, 0.1) is 0 Å². The van der Waals surface area contributed by atoms with E-state index >= 15 is 0 Å². The van der Waals surface area contributed by atoms with Crippen LogP contribution in [-0.4, -0.2) is 33.7 Å². The summed E-state index contributed by atoms with van der Waals surface area (Å²) in [7, 11) is 0. The molecule has 5 heteroatoms. The number of unbranched alkanes of at least 4 members (excludes halogenated alkanes) is 14. The first-order valence-electron chi connectivity index (χ1n) is 12.0. The van der Waals surface area contributed by atoms with Crippen molar-refractivity contribution in [1.82, 2.24) is 0 Å². The molecule has 1 aromatic rings. The SMILES string of the molecule is CCCCCCCCCCCCCCCCCC(=O)[O][AlH2].O=C(O)c1ccccc1. The number of carboxylic acid groups (broad SMARTS) is 1. The Morgan fingerprint density at radius 2 is 1.13 bits per heavy atom. The summed E-state index contributed by atoms with van der Waals surface area (Å²) in [4.78, 5) is 21.2. The zero-order valence-electron chi connectivity index (χ0n) is 19.4. The second-order valence-electron chi connectivity index (χ2n) is 7.95. The monoisotopic (exact) mass is 434 g/mol. The second-order valence-corrected chi connectivity index (χ2v) is 8.36. The quantitative estimate of drug-likeness (QED) is 0.218. The van der Waals surface area contributed by atoms with Crippen LogP contribution in [0.2, 0.25) is 0 Å². The van der Waals surface area contributed by atoms with Crippen LogP contribution in [0.5, 0.6) is 0 Å². The van der Waals surface area contributed by atoms with Gasteiger partial charge in [0.15, 0.2) is 0 Å². The predicted octanol–water partition coefficient (Wildman–Crippen LogP) is 6.72. The Labute approximate surface area is 192 Å². The van der Waals surface area contributed by atoms with Crippen LogP contribution in [-0.2, 0) is 8.58 Å². The van der Waals surface area contributed by atoms with Crippen molar-refractivity contribution in [3.8, 4) is 0 Å². The Bertz CT molecular complexity index is 519. The number of hydrogen-bond donors (Lipinski definition) is 1. The van der Waals surface area contributed by atoms with Crippen molar-refractivity contribution < 1.29 is 18.5 Å². The topological polar surface area (TPSA) is 63.6 Å². The summed E-state index contributed by atoms with van der Waals surface area (Å²) < 4.78 is 4.77. The Kier molecular flexibility index (Phi) is 21.4. The van der Waals surface area contributed by atoms with Gasteiger partial charge in [-0.3, -0.25) is 4.79 Å². The highest BCUT2D eigenvalue weighted by molar-refractivity contribution is 6.05. The highest BCUT2D eigenvalue weighted by atomic mass is 27.1. The van der Waals surface area contributed by atoms with E-state index in [0.717, 1.165) is 6.42 Å². The van der Waals surface area contributed by atoms with Crippen molar-refractivity contribution in [2.24, 2.45) is 0 Å². The predicted molar refractivity (Wildman–Crippen MR) is 128 cm³/mol. The van der Waals surface area contributed by atoms with E-state index in [1.165, 1.54) is 89.9 Å². The van der Waals surface area contributed by atoms with Gasteiger partial charge in [-0.1, -0.05) is 115 Å². The van der Waals surface area contributed by atoms with E-state index in [4.69, 9.17) is 8.90 Å². The number of aromatic carboxylic acids is 1. The van der Waals surface area contributed by atoms with Gasteiger partial charge in [0.25, 0.3) is 5.97 Å². The molecule has 170 valence electrons. The smallest absolute Gasteiger partial charge is 0.499 e. The van der Waals surface area contributed by atoms with Crippen molar-refractivity contribution in [2.45, 2.75) is 110 Å². The van der Waals surface area contributed by atoms with Gasteiger partial charge in [0, 0.05) is 6.42 Å². The molecule has 0 heterocycles. The van der Waals surface area contributed by atoms with E-state index in [1.807, 2.05) is 0 Å². The number of carboxylic acids is 1. The lowest BCUT2D eigenvalue weighted by Crippen LogP contribution is -2.00. The average Bonchev–Trinajstić information content (AvgIpc) is 2.77. The molecular weight excluding hydrogens is 391 g/mol. The van der Waals surface area contributed by atoms with Crippen LogP contribution in [0.15, 0.2) is 30.3 Å². The van der Waals surface area contributed by atoms with Gasteiger partial charge in [-0.05, 0) is 18.6 Å². The summed E-state index contributed by atoms with van der Waals surface area (Å²) in [5.41, 5.74) is 0.331. The third kappa shape index (κ3) is 20.0. The van der Waals surface area contributed by atoms with E-state index < -0.39 is 5.97 Å². The lowest BCUT2D eigenvalue weighted by atomic mass is 10.0. The van der Waals surface area contributed by atoms with Crippen molar-refractivity contribution in [3.63, 3.8) is 0 Å². The highest BCUT2D eigenvalue weighted by Gasteiger charge is 1.98. The minimum atomic E-state index is -0.879. The normalized spacial score (nSPS) is 10.2. The molecule has 1 rings (SSSR count). The summed E-state index contributed by atoms with van der Waals surface area (Å²) in [6, 6.07) is 8.30. The molecule has 1 aromatic carbocycles. The number of carbonyl (C=O) groups is 2. The Balaban J connectivity index is 0.000000769. The summed E-state index contributed by atoms with van der Waals surface area (Å²) in [5, 5.41) is 8.38. The van der Waals surface area contributed by atoms with Crippen LogP contribution in [0.25, 0.3) is 0 Å². The summed E-state index contributed by atoms with van der Waals surface area (Å²) in [5.74, 6) is -0.882. The lowest BCUT2D eigenvalue weighted by molar-refractivity contribution is -0.134. The van der Waals surface area contributed by atoms with Gasteiger partial charge in [0.05, 0.1) is 5.56 Å². The molecule has 30 heavy (non-hydrogen) atoms. The molecule has 0 radical (unpaired) electrons. The first-order valence-corrected chi connectivity index (χ1v) is 12.8. The fraction of sp³-hybridized carbons (Fsp3) is 0.680. The number of benzene rings is 1. The summed E-state index contributed by atoms with van der Waals surface area (Å²) >= 11 is 0.544. The maximum absolute atomic E-state index is 11.0. The third-order valence-electron chi connectivity index (χ3n) is 5.23. The Hall–Kier alpha value is -1.31. The maximum Gasteiger partial charge on any atom is 0.499 e. The molecule has 0 spiro atoms. The molecule has 0 saturated carbocycles. The number of carbonyl (C=O) groups excluding carboxylic acids is 1. The van der Waals surface area contributed by atoms with Crippen LogP contribution >= 0.6 is 0 Å². The van der Waals surface area contributed by atoms with E-state index in [0.29, 0.717) is 28.6 Å². The molecule has 0 atom stereocenters. The van der Waals surface area contributed by atoms with Crippen molar-refractivity contribution in [3.05, 3.63) is 35.9 Å². The summed E-state index contributed by atoms with van der Waals surface area (Å²) in [6.07, 6.45) is 21.1. The van der Waals surface area contributed by atoms with E-state index in [1.54, 1.807) is 30.3 Å². The first kappa shape index (κ1) is 28.7. The van der Waals surface area contributed by atoms with Crippen molar-refractivity contribution >= 4 is 28.6 Å². The Morgan fingerprint density at radius 3 is 1.47 bits per heavy atom. The summed E-state index contributed by atoms with van der Waals surface area (Å²) in [6.45, 7) is 2.28. The van der Waals surface area contributed by atoms with Gasteiger partial charge >= 0.3 is 22.6 Å². The molecule has 0 saturated heterocycles. The molecular formula is C25H43AlO4. The minimum absolute atomic E-state index is 0.00337. The molecule has 0 aliphatic carbocycles. The minimum Gasteiger partial charge on any atom is -0.621 e. The van der Waals surface area contributed by atoms with Crippen LogP contribution in [0.1, 0.15) is 120 Å². The van der Waals surface area contributed by atoms with Crippen LogP contribution in [0.4, 0.5) is 0 Å². The number of hydrogen-bond acceptors (Lipinski definition) is 3. The van der Waals surface area contributed by atoms with Gasteiger partial charge in [-0.15, -0.1) is 0 Å². The molecule has 0 bridgehead atoms. The van der Waals surface area contributed by atoms with Crippen molar-refractivity contribution in [1.29, 1.82) is 0 Å². The molecule has 0 aliphatic heterocycles. The Morgan fingerprint density at radius 1 is 0.733 bits per heavy atom. The molecule has 0 aromatic heterocycles. The largest absolute Gasteiger partial charge is 0.621 e. The molecule has 0 unspecified atom stereocenters. The van der Waals surface area contributed by atoms with E-state index in [9.17, 15) is 9.59 Å². The van der Waals surface area contributed by atoms with Gasteiger partial charge in [-0.2, -0.15) is 0 Å². The van der Waals surface area contributed by atoms with Crippen LogP contribution < -0.4 is 0 Å². The molecule has 0 aliphatic rings. The second kappa shape index (κ2) is 22.4. The van der Waals surface area contributed by atoms with Crippen LogP contribution in [0.3, 0.4) is 0 Å². The highest BCUT2D eigenvalue weighted by Crippen LogP contribution is 2.13. The molecule has 1 N–H and O–H groups in total. The zero-order chi connectivity index (χ0) is 22.3. The lowest BCUT2D eigenvalue weighted by Gasteiger charge is -2.03. The van der Waals surface area contributed by atoms with E-state index in [-0.39, 0.29) is 5.97 Å². The van der Waals surface area contributed by atoms with Gasteiger partial charge in [-0.25, -0.2) is 4.79 Å². The van der Waals surface area contributed by atoms with Gasteiger partial charge in [0.2, 0.25) is 0 Å². The van der Waals surface area contributed by atoms with E-state index in [2.05, 4.69) is 6.92 Å². The molecule has 0 fully saturated rings.